The highest BCUT2D eigenvalue weighted by Gasteiger charge is 2.42. The molecule has 2 fully saturated rings. The normalized spacial score (nSPS) is 23.5. The number of carbonyl (C=O) groups excluding carboxylic acids is 1. The number of fused-ring (bicyclic) bond motifs is 1. The fourth-order valence-electron chi connectivity index (χ4n) is 3.74. The smallest absolute Gasteiger partial charge is 0.321 e. The van der Waals surface area contributed by atoms with Crippen LogP contribution in [0.25, 0.3) is 10.9 Å². The number of likely N-dealkylation sites (tertiary alicyclic amines) is 1. The number of anilines is 1. The zero-order valence-electron chi connectivity index (χ0n) is 13.9. The molecule has 6 heteroatoms. The zero-order valence-corrected chi connectivity index (χ0v) is 13.9. The number of hydrogen-bond donors (Lipinski definition) is 2. The van der Waals surface area contributed by atoms with E-state index < -0.39 is 5.79 Å². The van der Waals surface area contributed by atoms with E-state index in [1.165, 1.54) is 0 Å². The molecule has 2 aliphatic heterocycles. The minimum Gasteiger partial charge on any atom is -0.361 e. The average molecular weight is 329 g/mol. The lowest BCUT2D eigenvalue weighted by Gasteiger charge is -2.39. The Balaban J connectivity index is 1.47. The molecule has 0 bridgehead atoms. The van der Waals surface area contributed by atoms with Crippen molar-refractivity contribution in [1.29, 1.82) is 0 Å². The van der Waals surface area contributed by atoms with Crippen molar-refractivity contribution in [2.45, 2.75) is 25.6 Å². The van der Waals surface area contributed by atoms with E-state index in [1.807, 2.05) is 42.3 Å². The predicted octanol–water partition coefficient (Wildman–Crippen LogP) is 3.17. The lowest BCUT2D eigenvalue weighted by Crippen LogP contribution is -2.49. The van der Waals surface area contributed by atoms with Crippen LogP contribution in [0.15, 0.2) is 30.5 Å². The van der Waals surface area contributed by atoms with E-state index in [4.69, 9.17) is 9.47 Å². The summed E-state index contributed by atoms with van der Waals surface area (Å²) in [6, 6.07) is 7.78. The standard InChI is InChI=1S/C18H23N3O3/c1-18(23-10-11-24-18)13-4-3-9-21(12-13)17(22)20-16-6-2-5-15-14(16)7-8-19-15/h2,5-8,13,19H,3-4,9-12H2,1H3,(H,20,22)/t13-/m1/s1. The summed E-state index contributed by atoms with van der Waals surface area (Å²) in [6.07, 6.45) is 3.87. The van der Waals surface area contributed by atoms with E-state index >= 15 is 0 Å². The fourth-order valence-corrected chi connectivity index (χ4v) is 3.74. The molecule has 2 saturated heterocycles. The van der Waals surface area contributed by atoms with Crippen molar-refractivity contribution in [3.8, 4) is 0 Å². The van der Waals surface area contributed by atoms with E-state index in [0.29, 0.717) is 19.8 Å². The lowest BCUT2D eigenvalue weighted by atomic mass is 9.90. The summed E-state index contributed by atoms with van der Waals surface area (Å²) < 4.78 is 11.6. The van der Waals surface area contributed by atoms with Gasteiger partial charge in [-0.25, -0.2) is 4.79 Å². The summed E-state index contributed by atoms with van der Waals surface area (Å²) in [7, 11) is 0. The predicted molar refractivity (Wildman–Crippen MR) is 91.9 cm³/mol. The average Bonchev–Trinajstić information content (AvgIpc) is 3.25. The van der Waals surface area contributed by atoms with Crippen LogP contribution >= 0.6 is 0 Å². The van der Waals surface area contributed by atoms with Crippen LogP contribution in [0.3, 0.4) is 0 Å². The Morgan fingerprint density at radius 3 is 3.00 bits per heavy atom. The number of rotatable bonds is 2. The first kappa shape index (κ1) is 15.5. The number of benzene rings is 1. The fraction of sp³-hybridized carbons (Fsp3) is 0.500. The third-order valence-electron chi connectivity index (χ3n) is 5.15. The van der Waals surface area contributed by atoms with Crippen LogP contribution in [0.5, 0.6) is 0 Å². The molecule has 0 saturated carbocycles. The van der Waals surface area contributed by atoms with E-state index in [2.05, 4.69) is 10.3 Å². The quantitative estimate of drug-likeness (QED) is 0.889. The van der Waals surface area contributed by atoms with Gasteiger partial charge in [0.05, 0.1) is 18.9 Å². The van der Waals surface area contributed by atoms with Gasteiger partial charge in [-0.2, -0.15) is 0 Å². The van der Waals surface area contributed by atoms with Crippen molar-refractivity contribution >= 4 is 22.6 Å². The third-order valence-corrected chi connectivity index (χ3v) is 5.15. The number of aromatic nitrogens is 1. The van der Waals surface area contributed by atoms with Gasteiger partial charge in [0.1, 0.15) is 0 Å². The Morgan fingerprint density at radius 1 is 1.33 bits per heavy atom. The van der Waals surface area contributed by atoms with Crippen molar-refractivity contribution in [2.75, 3.05) is 31.6 Å². The van der Waals surface area contributed by atoms with Gasteiger partial charge in [-0.15, -0.1) is 0 Å². The van der Waals surface area contributed by atoms with Gasteiger partial charge < -0.3 is 24.7 Å². The molecule has 2 amide bonds. The molecule has 6 nitrogen and oxygen atoms in total. The summed E-state index contributed by atoms with van der Waals surface area (Å²) in [4.78, 5) is 17.8. The molecule has 4 rings (SSSR count). The molecule has 2 aromatic rings. The number of nitrogens with zero attached hydrogens (tertiary/aromatic N) is 1. The highest BCUT2D eigenvalue weighted by molar-refractivity contribution is 6.00. The van der Waals surface area contributed by atoms with E-state index in [0.717, 1.165) is 36.0 Å². The molecular formula is C18H23N3O3. The minimum atomic E-state index is -0.556. The van der Waals surface area contributed by atoms with Crippen LogP contribution in [-0.4, -0.2) is 48.0 Å². The number of hydrogen-bond acceptors (Lipinski definition) is 3. The lowest BCUT2D eigenvalue weighted by molar-refractivity contribution is -0.189. The summed E-state index contributed by atoms with van der Waals surface area (Å²) in [5.74, 6) is -0.345. The molecule has 2 aliphatic rings. The molecule has 0 unspecified atom stereocenters. The minimum absolute atomic E-state index is 0.0602. The van der Waals surface area contributed by atoms with Gasteiger partial charge >= 0.3 is 6.03 Å². The topological polar surface area (TPSA) is 66.6 Å². The Hall–Kier alpha value is -2.05. The maximum Gasteiger partial charge on any atom is 0.321 e. The number of urea groups is 1. The van der Waals surface area contributed by atoms with Gasteiger partial charge in [-0.05, 0) is 38.0 Å². The molecule has 128 valence electrons. The van der Waals surface area contributed by atoms with Crippen molar-refractivity contribution in [3.05, 3.63) is 30.5 Å². The van der Waals surface area contributed by atoms with Crippen molar-refractivity contribution in [3.63, 3.8) is 0 Å². The number of piperidine rings is 1. The maximum absolute atomic E-state index is 12.7. The summed E-state index contributed by atoms with van der Waals surface area (Å²) in [5, 5.41) is 4.07. The second-order valence-corrected chi connectivity index (χ2v) is 6.67. The van der Waals surface area contributed by atoms with Crippen LogP contribution in [0.4, 0.5) is 10.5 Å². The number of H-pyrrole nitrogens is 1. The van der Waals surface area contributed by atoms with Crippen molar-refractivity contribution in [1.82, 2.24) is 9.88 Å². The SMILES string of the molecule is CC1([C@@H]2CCCN(C(=O)Nc3cccc4[nH]ccc34)C2)OCCO1. The molecule has 0 aliphatic carbocycles. The number of amides is 2. The largest absolute Gasteiger partial charge is 0.361 e. The van der Waals surface area contributed by atoms with Crippen LogP contribution in [0, 0.1) is 5.92 Å². The Kier molecular flexibility index (Phi) is 3.94. The van der Waals surface area contributed by atoms with Crippen LogP contribution in [0.2, 0.25) is 0 Å². The summed E-state index contributed by atoms with van der Waals surface area (Å²) in [6.45, 7) is 4.68. The molecule has 2 N–H and O–H groups in total. The summed E-state index contributed by atoms with van der Waals surface area (Å²) in [5.41, 5.74) is 1.85. The Labute approximate surface area is 141 Å². The zero-order chi connectivity index (χ0) is 16.6. The van der Waals surface area contributed by atoms with Crippen molar-refractivity contribution in [2.24, 2.45) is 5.92 Å². The van der Waals surface area contributed by atoms with E-state index in [-0.39, 0.29) is 11.9 Å². The number of ether oxygens (including phenoxy) is 2. The van der Waals surface area contributed by atoms with Crippen LogP contribution < -0.4 is 5.32 Å². The second-order valence-electron chi connectivity index (χ2n) is 6.67. The number of carbonyl (C=O) groups is 1. The molecule has 0 spiro atoms. The van der Waals surface area contributed by atoms with Crippen molar-refractivity contribution < 1.29 is 14.3 Å². The number of nitrogens with one attached hydrogen (secondary N) is 2. The highest BCUT2D eigenvalue weighted by Crippen LogP contribution is 2.34. The maximum atomic E-state index is 12.7. The Bertz CT molecular complexity index is 736. The molecule has 3 heterocycles. The van der Waals surface area contributed by atoms with E-state index in [9.17, 15) is 4.79 Å². The van der Waals surface area contributed by atoms with E-state index in [1.54, 1.807) is 0 Å². The molecule has 1 aromatic heterocycles. The first-order valence-electron chi connectivity index (χ1n) is 8.56. The first-order chi connectivity index (χ1) is 11.7. The van der Waals surface area contributed by atoms with Gasteiger partial charge in [0, 0.05) is 36.1 Å². The monoisotopic (exact) mass is 329 g/mol. The number of aromatic amines is 1. The molecule has 0 radical (unpaired) electrons. The molecular weight excluding hydrogens is 306 g/mol. The van der Waals surface area contributed by atoms with Crippen LogP contribution in [0.1, 0.15) is 19.8 Å². The Morgan fingerprint density at radius 2 is 2.17 bits per heavy atom. The van der Waals surface area contributed by atoms with Gasteiger partial charge in [0.2, 0.25) is 0 Å². The first-order valence-corrected chi connectivity index (χ1v) is 8.56. The van der Waals surface area contributed by atoms with Gasteiger partial charge in [-0.3, -0.25) is 0 Å². The summed E-state index contributed by atoms with van der Waals surface area (Å²) >= 11 is 0. The molecule has 1 atom stereocenters. The van der Waals surface area contributed by atoms with Gasteiger partial charge in [0.25, 0.3) is 0 Å². The van der Waals surface area contributed by atoms with Gasteiger partial charge in [-0.1, -0.05) is 6.07 Å². The molecule has 1 aromatic carbocycles. The third kappa shape index (κ3) is 2.76. The van der Waals surface area contributed by atoms with Gasteiger partial charge in [0.15, 0.2) is 5.79 Å². The highest BCUT2D eigenvalue weighted by atomic mass is 16.7. The van der Waals surface area contributed by atoms with Crippen LogP contribution in [-0.2, 0) is 9.47 Å². The second kappa shape index (κ2) is 6.11. The molecule has 24 heavy (non-hydrogen) atoms.